The summed E-state index contributed by atoms with van der Waals surface area (Å²) in [5.41, 5.74) is 4.56. The van der Waals surface area contributed by atoms with Gasteiger partial charge in [0.05, 0.1) is 0 Å². The van der Waals surface area contributed by atoms with E-state index in [0.29, 0.717) is 11.8 Å². The van der Waals surface area contributed by atoms with Crippen molar-refractivity contribution in [2.24, 2.45) is 5.41 Å². The molecule has 0 bridgehead atoms. The summed E-state index contributed by atoms with van der Waals surface area (Å²) in [4.78, 5) is 0. The molecule has 0 atom stereocenters. The lowest BCUT2D eigenvalue weighted by Crippen LogP contribution is -2.28. The smallest absolute Gasteiger partial charge is 0.0294 e. The van der Waals surface area contributed by atoms with Gasteiger partial charge in [-0.05, 0) is 48.8 Å². The average Bonchev–Trinajstić information content (AvgIpc) is 2.85. The van der Waals surface area contributed by atoms with Crippen molar-refractivity contribution < 1.29 is 0 Å². The molecular formula is C16H22Cl2. The highest BCUT2D eigenvalue weighted by Crippen LogP contribution is 2.33. The van der Waals surface area contributed by atoms with Crippen molar-refractivity contribution in [2.45, 2.75) is 45.4 Å². The molecule has 0 aromatic heterocycles. The van der Waals surface area contributed by atoms with Crippen LogP contribution in [0.15, 0.2) is 18.2 Å². The summed E-state index contributed by atoms with van der Waals surface area (Å²) in [6.45, 7) is 2.20. The van der Waals surface area contributed by atoms with Gasteiger partial charge in [0.15, 0.2) is 0 Å². The Morgan fingerprint density at radius 1 is 1.11 bits per heavy atom. The second-order valence-electron chi connectivity index (χ2n) is 5.65. The minimum Gasteiger partial charge on any atom is -0.126 e. The molecule has 0 aliphatic heterocycles. The van der Waals surface area contributed by atoms with Crippen LogP contribution in [-0.4, -0.2) is 11.8 Å². The Morgan fingerprint density at radius 2 is 1.83 bits per heavy atom. The van der Waals surface area contributed by atoms with Crippen LogP contribution in [0.4, 0.5) is 0 Å². The van der Waals surface area contributed by atoms with Crippen molar-refractivity contribution in [2.75, 3.05) is 11.8 Å². The third-order valence-electron chi connectivity index (χ3n) is 4.09. The lowest BCUT2D eigenvalue weighted by atomic mass is 9.81. The third-order valence-corrected chi connectivity index (χ3v) is 5.22. The van der Waals surface area contributed by atoms with Gasteiger partial charge in [0.25, 0.3) is 0 Å². The maximum atomic E-state index is 6.19. The summed E-state index contributed by atoms with van der Waals surface area (Å²) in [5, 5.41) is 0. The zero-order valence-corrected chi connectivity index (χ0v) is 12.7. The molecule has 0 amide bonds. The molecule has 1 aromatic carbocycles. The molecule has 2 heteroatoms. The second-order valence-corrected chi connectivity index (χ2v) is 6.19. The van der Waals surface area contributed by atoms with Gasteiger partial charge in [-0.3, -0.25) is 0 Å². The molecule has 1 aliphatic carbocycles. The highest BCUT2D eigenvalue weighted by Gasteiger charge is 2.28. The molecular weight excluding hydrogens is 263 g/mol. The third kappa shape index (κ3) is 3.03. The zero-order chi connectivity index (χ0) is 13.0. The largest absolute Gasteiger partial charge is 0.126 e. The van der Waals surface area contributed by atoms with Crippen LogP contribution in [0.3, 0.4) is 0 Å². The van der Waals surface area contributed by atoms with Crippen molar-refractivity contribution in [3.05, 3.63) is 34.9 Å². The Morgan fingerprint density at radius 3 is 2.50 bits per heavy atom. The molecule has 0 saturated heterocycles. The molecule has 1 aromatic rings. The number of fused-ring (bicyclic) bond motifs is 1. The number of halogens is 2. The van der Waals surface area contributed by atoms with Gasteiger partial charge in [-0.25, -0.2) is 0 Å². The molecule has 0 heterocycles. The summed E-state index contributed by atoms with van der Waals surface area (Å²) in [5.74, 6) is 1.31. The van der Waals surface area contributed by atoms with Crippen LogP contribution in [0.2, 0.25) is 0 Å². The Kier molecular flexibility index (Phi) is 4.98. The number of benzene rings is 1. The van der Waals surface area contributed by atoms with E-state index in [0.717, 1.165) is 19.3 Å². The highest BCUT2D eigenvalue weighted by atomic mass is 35.5. The van der Waals surface area contributed by atoms with Crippen LogP contribution in [0.25, 0.3) is 0 Å². The Hall–Kier alpha value is -0.200. The number of hydrogen-bond acceptors (Lipinski definition) is 0. The van der Waals surface area contributed by atoms with E-state index in [1.54, 1.807) is 5.56 Å². The van der Waals surface area contributed by atoms with E-state index in [2.05, 4.69) is 25.1 Å². The van der Waals surface area contributed by atoms with Crippen LogP contribution in [0.5, 0.6) is 0 Å². The predicted octanol–water partition coefficient (Wildman–Crippen LogP) is 4.98. The van der Waals surface area contributed by atoms with Crippen molar-refractivity contribution in [1.29, 1.82) is 0 Å². The maximum absolute atomic E-state index is 6.19. The quantitative estimate of drug-likeness (QED) is 0.646. The summed E-state index contributed by atoms with van der Waals surface area (Å²) in [7, 11) is 0. The highest BCUT2D eigenvalue weighted by molar-refractivity contribution is 6.21. The first-order chi connectivity index (χ1) is 8.73. The molecule has 0 nitrogen and oxygen atoms in total. The Bertz CT molecular complexity index is 394. The van der Waals surface area contributed by atoms with Crippen LogP contribution < -0.4 is 0 Å². The van der Waals surface area contributed by atoms with Crippen LogP contribution in [0, 0.1) is 5.41 Å². The predicted molar refractivity (Wildman–Crippen MR) is 81.0 cm³/mol. The van der Waals surface area contributed by atoms with Crippen molar-refractivity contribution in [3.63, 3.8) is 0 Å². The molecule has 0 fully saturated rings. The van der Waals surface area contributed by atoms with E-state index in [-0.39, 0.29) is 5.41 Å². The second kappa shape index (κ2) is 6.30. The molecule has 18 heavy (non-hydrogen) atoms. The van der Waals surface area contributed by atoms with E-state index >= 15 is 0 Å². The SMILES string of the molecule is CCCC(CCl)(CCl)Cc1ccc2c(c1)CCC2. The fourth-order valence-corrected chi connectivity index (χ4v) is 3.79. The summed E-state index contributed by atoms with van der Waals surface area (Å²) < 4.78 is 0. The Balaban J connectivity index is 2.16. The van der Waals surface area contributed by atoms with Crippen molar-refractivity contribution >= 4 is 23.2 Å². The van der Waals surface area contributed by atoms with Crippen LogP contribution in [-0.2, 0) is 19.3 Å². The zero-order valence-electron chi connectivity index (χ0n) is 11.1. The van der Waals surface area contributed by atoms with Gasteiger partial charge in [-0.2, -0.15) is 0 Å². The molecule has 0 radical (unpaired) electrons. The first kappa shape index (κ1) is 14.2. The van der Waals surface area contributed by atoms with Crippen molar-refractivity contribution in [3.8, 4) is 0 Å². The minimum atomic E-state index is 0.0741. The molecule has 0 saturated carbocycles. The van der Waals surface area contributed by atoms with Gasteiger partial charge in [0, 0.05) is 17.2 Å². The van der Waals surface area contributed by atoms with E-state index in [1.165, 1.54) is 30.4 Å². The van der Waals surface area contributed by atoms with E-state index in [1.807, 2.05) is 0 Å². The normalized spacial score (nSPS) is 14.8. The van der Waals surface area contributed by atoms with Crippen LogP contribution in [0.1, 0.15) is 42.9 Å². The molecule has 0 spiro atoms. The van der Waals surface area contributed by atoms with Crippen LogP contribution >= 0.6 is 23.2 Å². The van der Waals surface area contributed by atoms with E-state index < -0.39 is 0 Å². The monoisotopic (exact) mass is 284 g/mol. The summed E-state index contributed by atoms with van der Waals surface area (Å²) in [6.07, 6.45) is 7.07. The number of rotatable bonds is 6. The van der Waals surface area contributed by atoms with Gasteiger partial charge in [-0.1, -0.05) is 31.5 Å². The molecule has 1 aliphatic rings. The topological polar surface area (TPSA) is 0 Å². The maximum Gasteiger partial charge on any atom is 0.0294 e. The van der Waals surface area contributed by atoms with Gasteiger partial charge in [0.2, 0.25) is 0 Å². The van der Waals surface area contributed by atoms with E-state index in [9.17, 15) is 0 Å². The lowest BCUT2D eigenvalue weighted by Gasteiger charge is -2.29. The van der Waals surface area contributed by atoms with Gasteiger partial charge < -0.3 is 0 Å². The lowest BCUT2D eigenvalue weighted by molar-refractivity contribution is 0.341. The number of hydrogen-bond donors (Lipinski definition) is 0. The summed E-state index contributed by atoms with van der Waals surface area (Å²) >= 11 is 12.4. The van der Waals surface area contributed by atoms with Gasteiger partial charge >= 0.3 is 0 Å². The first-order valence-electron chi connectivity index (χ1n) is 6.95. The van der Waals surface area contributed by atoms with Gasteiger partial charge in [-0.15, -0.1) is 23.2 Å². The summed E-state index contributed by atoms with van der Waals surface area (Å²) in [6, 6.07) is 6.95. The average molecular weight is 285 g/mol. The first-order valence-corrected chi connectivity index (χ1v) is 8.02. The Labute approximate surface area is 121 Å². The fraction of sp³-hybridized carbons (Fsp3) is 0.625. The number of alkyl halides is 2. The number of aryl methyl sites for hydroxylation is 2. The molecule has 0 N–H and O–H groups in total. The van der Waals surface area contributed by atoms with Crippen molar-refractivity contribution in [1.82, 2.24) is 0 Å². The fourth-order valence-electron chi connectivity index (χ4n) is 3.05. The molecule has 100 valence electrons. The van der Waals surface area contributed by atoms with Gasteiger partial charge in [0.1, 0.15) is 0 Å². The van der Waals surface area contributed by atoms with E-state index in [4.69, 9.17) is 23.2 Å². The molecule has 0 unspecified atom stereocenters. The minimum absolute atomic E-state index is 0.0741. The standard InChI is InChI=1S/C16H22Cl2/c1-2-8-16(11-17,12-18)10-13-6-7-14-4-3-5-15(14)9-13/h6-7,9H,2-5,8,10-12H2,1H3. The molecule has 2 rings (SSSR count).